The molecule has 1 fully saturated rings. The second-order valence-corrected chi connectivity index (χ2v) is 8.14. The zero-order chi connectivity index (χ0) is 22.7. The Kier molecular flexibility index (Phi) is 6.20. The summed E-state index contributed by atoms with van der Waals surface area (Å²) >= 11 is 0. The number of anilines is 2. The molecule has 32 heavy (non-hydrogen) atoms. The molecule has 4 amide bonds. The first-order valence-corrected chi connectivity index (χ1v) is 10.8. The maximum atomic E-state index is 12.6. The first-order chi connectivity index (χ1) is 15.5. The zero-order valence-corrected chi connectivity index (χ0v) is 17.8. The van der Waals surface area contributed by atoms with Crippen LogP contribution in [-0.2, 0) is 9.59 Å². The van der Waals surface area contributed by atoms with Gasteiger partial charge in [-0.2, -0.15) is 0 Å². The van der Waals surface area contributed by atoms with E-state index in [4.69, 9.17) is 5.73 Å². The first kappa shape index (κ1) is 21.5. The number of hydrogen-bond acceptors (Lipinski definition) is 5. The Balaban J connectivity index is 1.31. The van der Waals surface area contributed by atoms with Crippen molar-refractivity contribution in [2.24, 2.45) is 11.7 Å². The predicted octanol–water partition coefficient (Wildman–Crippen LogP) is 2.40. The molecule has 2 aromatic rings. The lowest BCUT2D eigenvalue weighted by atomic mass is 9.96. The van der Waals surface area contributed by atoms with Crippen LogP contribution in [-0.4, -0.2) is 48.2 Å². The number of amides is 4. The van der Waals surface area contributed by atoms with E-state index in [0.717, 1.165) is 5.69 Å². The van der Waals surface area contributed by atoms with Crippen molar-refractivity contribution in [2.45, 2.75) is 25.7 Å². The van der Waals surface area contributed by atoms with Crippen LogP contribution in [0.3, 0.4) is 0 Å². The Labute approximate surface area is 186 Å². The van der Waals surface area contributed by atoms with Crippen molar-refractivity contribution in [3.8, 4) is 0 Å². The summed E-state index contributed by atoms with van der Waals surface area (Å²) in [5.41, 5.74) is 7.86. The van der Waals surface area contributed by atoms with Crippen molar-refractivity contribution >= 4 is 35.0 Å². The van der Waals surface area contributed by atoms with Crippen LogP contribution in [0, 0.1) is 5.92 Å². The van der Waals surface area contributed by atoms with Crippen LogP contribution in [0.5, 0.6) is 0 Å². The molecule has 3 N–H and O–H groups in total. The molecule has 2 aliphatic heterocycles. The highest BCUT2D eigenvalue weighted by Gasteiger charge is 2.34. The molecule has 1 saturated heterocycles. The standard InChI is InChI=1S/C24H26N4O4/c25-22(30)16-11-14-27(15-12-16)20-9-4-3-8-19(20)26-21(29)10-5-13-28-23(31)17-6-1-2-7-18(17)24(28)32/h1-4,6-9,16H,5,10-15H2,(H2,25,30)(H,26,29). The molecule has 0 spiro atoms. The number of imide groups is 1. The fraction of sp³-hybridized carbons (Fsp3) is 0.333. The summed E-state index contributed by atoms with van der Waals surface area (Å²) in [6.45, 7) is 1.59. The molecule has 0 unspecified atom stereocenters. The van der Waals surface area contributed by atoms with Gasteiger partial charge in [0.25, 0.3) is 11.8 Å². The minimum absolute atomic E-state index is 0.102. The quantitative estimate of drug-likeness (QED) is 0.650. The first-order valence-electron chi connectivity index (χ1n) is 10.8. The van der Waals surface area contributed by atoms with Crippen LogP contribution in [0.25, 0.3) is 0 Å². The zero-order valence-electron chi connectivity index (χ0n) is 17.8. The summed E-state index contributed by atoms with van der Waals surface area (Å²) in [6, 6.07) is 14.3. The molecule has 4 rings (SSSR count). The van der Waals surface area contributed by atoms with Gasteiger partial charge in [-0.3, -0.25) is 24.1 Å². The van der Waals surface area contributed by atoms with E-state index in [-0.39, 0.29) is 42.5 Å². The van der Waals surface area contributed by atoms with Gasteiger partial charge in [0.2, 0.25) is 11.8 Å². The minimum Gasteiger partial charge on any atom is -0.370 e. The van der Waals surface area contributed by atoms with E-state index in [1.165, 1.54) is 4.90 Å². The fourth-order valence-corrected chi connectivity index (χ4v) is 4.31. The summed E-state index contributed by atoms with van der Waals surface area (Å²) < 4.78 is 0. The molecule has 0 radical (unpaired) electrons. The fourth-order valence-electron chi connectivity index (χ4n) is 4.31. The number of para-hydroxylation sites is 2. The maximum absolute atomic E-state index is 12.6. The predicted molar refractivity (Wildman–Crippen MR) is 120 cm³/mol. The van der Waals surface area contributed by atoms with E-state index in [1.54, 1.807) is 24.3 Å². The Morgan fingerprint density at radius 3 is 2.16 bits per heavy atom. The Morgan fingerprint density at radius 1 is 0.938 bits per heavy atom. The molecule has 0 bridgehead atoms. The van der Waals surface area contributed by atoms with Gasteiger partial charge in [-0.15, -0.1) is 0 Å². The molecular formula is C24H26N4O4. The third kappa shape index (κ3) is 4.34. The van der Waals surface area contributed by atoms with Crippen LogP contribution in [0.1, 0.15) is 46.4 Å². The molecule has 0 aromatic heterocycles. The molecule has 8 heteroatoms. The number of fused-ring (bicyclic) bond motifs is 1. The van der Waals surface area contributed by atoms with Gasteiger partial charge in [0.05, 0.1) is 22.5 Å². The highest BCUT2D eigenvalue weighted by Crippen LogP contribution is 2.30. The third-order valence-electron chi connectivity index (χ3n) is 6.08. The molecular weight excluding hydrogens is 408 g/mol. The molecule has 2 aliphatic rings. The smallest absolute Gasteiger partial charge is 0.261 e. The molecule has 166 valence electrons. The monoisotopic (exact) mass is 434 g/mol. The maximum Gasteiger partial charge on any atom is 0.261 e. The average molecular weight is 434 g/mol. The number of primary amides is 1. The minimum atomic E-state index is -0.310. The van der Waals surface area contributed by atoms with E-state index in [0.29, 0.717) is 49.2 Å². The Bertz CT molecular complexity index is 1020. The molecule has 0 saturated carbocycles. The molecule has 8 nitrogen and oxygen atoms in total. The van der Waals surface area contributed by atoms with Crippen molar-refractivity contribution in [3.63, 3.8) is 0 Å². The van der Waals surface area contributed by atoms with Crippen molar-refractivity contribution in [2.75, 3.05) is 29.9 Å². The number of nitrogens with zero attached hydrogens (tertiary/aromatic N) is 2. The van der Waals surface area contributed by atoms with Crippen molar-refractivity contribution in [1.29, 1.82) is 0 Å². The Hall–Kier alpha value is -3.68. The van der Waals surface area contributed by atoms with E-state index in [2.05, 4.69) is 10.2 Å². The summed E-state index contributed by atoms with van der Waals surface area (Å²) in [6.07, 6.45) is 1.95. The van der Waals surface area contributed by atoms with Crippen molar-refractivity contribution < 1.29 is 19.2 Å². The van der Waals surface area contributed by atoms with Gasteiger partial charge in [-0.1, -0.05) is 24.3 Å². The second-order valence-electron chi connectivity index (χ2n) is 8.14. The number of piperidine rings is 1. The summed E-state index contributed by atoms with van der Waals surface area (Å²) in [5.74, 6) is -1.16. The second kappa shape index (κ2) is 9.21. The molecule has 0 atom stereocenters. The lowest BCUT2D eigenvalue weighted by molar-refractivity contribution is -0.122. The molecule has 2 aromatic carbocycles. The Morgan fingerprint density at radius 2 is 1.53 bits per heavy atom. The van der Waals surface area contributed by atoms with Crippen LogP contribution in [0.15, 0.2) is 48.5 Å². The highest BCUT2D eigenvalue weighted by atomic mass is 16.2. The summed E-state index contributed by atoms with van der Waals surface area (Å²) in [4.78, 5) is 52.2. The van der Waals surface area contributed by atoms with Crippen LogP contribution < -0.4 is 16.0 Å². The van der Waals surface area contributed by atoms with E-state index in [1.807, 2.05) is 24.3 Å². The topological polar surface area (TPSA) is 113 Å². The van der Waals surface area contributed by atoms with Crippen molar-refractivity contribution in [1.82, 2.24) is 4.90 Å². The van der Waals surface area contributed by atoms with Gasteiger partial charge < -0.3 is 16.0 Å². The average Bonchev–Trinajstić information content (AvgIpc) is 3.04. The van der Waals surface area contributed by atoms with E-state index < -0.39 is 0 Å². The highest BCUT2D eigenvalue weighted by molar-refractivity contribution is 6.21. The number of rotatable bonds is 7. The number of nitrogens with two attached hydrogens (primary N) is 1. The van der Waals surface area contributed by atoms with Gasteiger partial charge >= 0.3 is 0 Å². The van der Waals surface area contributed by atoms with Crippen LogP contribution in [0.2, 0.25) is 0 Å². The van der Waals surface area contributed by atoms with E-state index >= 15 is 0 Å². The molecule has 2 heterocycles. The largest absolute Gasteiger partial charge is 0.370 e. The lowest BCUT2D eigenvalue weighted by Crippen LogP contribution is -2.38. The number of carbonyl (C=O) groups excluding carboxylic acids is 4. The van der Waals surface area contributed by atoms with Crippen LogP contribution >= 0.6 is 0 Å². The number of nitrogens with one attached hydrogen (secondary N) is 1. The van der Waals surface area contributed by atoms with E-state index in [9.17, 15) is 19.2 Å². The summed E-state index contributed by atoms with van der Waals surface area (Å²) in [5, 5.41) is 2.95. The van der Waals surface area contributed by atoms with Gasteiger partial charge in [-0.05, 0) is 43.5 Å². The normalized spacial score (nSPS) is 16.2. The third-order valence-corrected chi connectivity index (χ3v) is 6.08. The molecule has 0 aliphatic carbocycles. The number of carbonyl (C=O) groups is 4. The summed E-state index contributed by atoms with van der Waals surface area (Å²) in [7, 11) is 0. The van der Waals surface area contributed by atoms with Gasteiger partial charge in [0.15, 0.2) is 0 Å². The lowest BCUT2D eigenvalue weighted by Gasteiger charge is -2.33. The SMILES string of the molecule is NC(=O)C1CCN(c2ccccc2NC(=O)CCCN2C(=O)c3ccccc3C2=O)CC1. The number of benzene rings is 2. The van der Waals surface area contributed by atoms with Crippen molar-refractivity contribution in [3.05, 3.63) is 59.7 Å². The number of hydrogen-bond donors (Lipinski definition) is 2. The van der Waals surface area contributed by atoms with Gasteiger partial charge in [0.1, 0.15) is 0 Å². The van der Waals surface area contributed by atoms with Gasteiger partial charge in [-0.25, -0.2) is 0 Å². The van der Waals surface area contributed by atoms with Gasteiger partial charge in [0, 0.05) is 32.0 Å². The van der Waals surface area contributed by atoms with Crippen LogP contribution in [0.4, 0.5) is 11.4 Å².